The second-order valence-corrected chi connectivity index (χ2v) is 8.82. The van der Waals surface area contributed by atoms with Crippen molar-refractivity contribution in [1.82, 2.24) is 4.31 Å². The van der Waals surface area contributed by atoms with E-state index < -0.39 is 22.0 Å². The first-order valence-corrected chi connectivity index (χ1v) is 10.9. The Morgan fingerprint density at radius 3 is 2.48 bits per heavy atom. The molecule has 0 radical (unpaired) electrons. The van der Waals surface area contributed by atoms with Crippen LogP contribution in [-0.4, -0.2) is 37.8 Å². The monoisotopic (exact) mass is 413 g/mol. The average Bonchev–Trinajstić information content (AvgIpc) is 2.75. The number of nitrogens with zero attached hydrogens (tertiary/aromatic N) is 2. The lowest BCUT2D eigenvalue weighted by Crippen LogP contribution is -2.35. The summed E-state index contributed by atoms with van der Waals surface area (Å²) in [5.74, 6) is 0.0648. The second-order valence-electron chi connectivity index (χ2n) is 6.88. The van der Waals surface area contributed by atoms with Crippen LogP contribution in [0.5, 0.6) is 5.75 Å². The zero-order valence-electron chi connectivity index (χ0n) is 16.2. The van der Waals surface area contributed by atoms with Gasteiger partial charge in [0.15, 0.2) is 6.10 Å². The van der Waals surface area contributed by atoms with Gasteiger partial charge in [-0.15, -0.1) is 0 Å². The molecule has 1 atom stereocenters. The van der Waals surface area contributed by atoms with E-state index in [-0.39, 0.29) is 4.90 Å². The van der Waals surface area contributed by atoms with Crippen LogP contribution in [0.25, 0.3) is 0 Å². The Morgan fingerprint density at radius 2 is 1.83 bits per heavy atom. The largest absolute Gasteiger partial charge is 0.481 e. The van der Waals surface area contributed by atoms with Crippen molar-refractivity contribution in [3.8, 4) is 11.8 Å². The number of amides is 1. The number of piperidine rings is 1. The first kappa shape index (κ1) is 20.8. The molecule has 1 aliphatic heterocycles. The molecular weight excluding hydrogens is 390 g/mol. The fraction of sp³-hybridized carbons (Fsp3) is 0.333. The Labute approximate surface area is 171 Å². The molecule has 1 N–H and O–H groups in total. The SMILES string of the molecule is C[C@H](Oc1ccc(C#N)cc1)C(=O)Nc1cccc(S(=O)(=O)N2CCCCC2)c1. The Balaban J connectivity index is 1.67. The van der Waals surface area contributed by atoms with E-state index in [1.165, 1.54) is 16.4 Å². The van der Waals surface area contributed by atoms with Gasteiger partial charge in [-0.25, -0.2) is 8.42 Å². The molecular formula is C21H23N3O4S. The Kier molecular flexibility index (Phi) is 6.52. The van der Waals surface area contributed by atoms with Crippen molar-refractivity contribution in [1.29, 1.82) is 5.26 Å². The highest BCUT2D eigenvalue weighted by atomic mass is 32.2. The molecule has 0 aromatic heterocycles. The highest BCUT2D eigenvalue weighted by Crippen LogP contribution is 2.23. The molecule has 0 unspecified atom stereocenters. The van der Waals surface area contributed by atoms with Gasteiger partial charge in [-0.2, -0.15) is 9.57 Å². The first-order chi connectivity index (χ1) is 13.9. The fourth-order valence-corrected chi connectivity index (χ4v) is 4.66. The van der Waals surface area contributed by atoms with E-state index in [0.717, 1.165) is 19.3 Å². The number of ether oxygens (including phenoxy) is 1. The maximum atomic E-state index is 12.8. The zero-order chi connectivity index (χ0) is 20.9. The molecule has 1 aliphatic rings. The number of nitriles is 1. The second kappa shape index (κ2) is 9.07. The highest BCUT2D eigenvalue weighted by Gasteiger charge is 2.26. The zero-order valence-corrected chi connectivity index (χ0v) is 17.0. The van der Waals surface area contributed by atoms with E-state index in [1.807, 2.05) is 6.07 Å². The third kappa shape index (κ3) is 5.13. The number of hydrogen-bond donors (Lipinski definition) is 1. The van der Waals surface area contributed by atoms with E-state index in [2.05, 4.69) is 5.32 Å². The van der Waals surface area contributed by atoms with Crippen LogP contribution in [0.1, 0.15) is 31.7 Å². The van der Waals surface area contributed by atoms with E-state index in [0.29, 0.717) is 30.1 Å². The van der Waals surface area contributed by atoms with Gasteiger partial charge in [0.2, 0.25) is 10.0 Å². The molecule has 7 nitrogen and oxygen atoms in total. The van der Waals surface area contributed by atoms with Gasteiger partial charge in [0.1, 0.15) is 5.75 Å². The van der Waals surface area contributed by atoms with Crippen LogP contribution >= 0.6 is 0 Å². The van der Waals surface area contributed by atoms with Crippen molar-refractivity contribution < 1.29 is 17.9 Å². The van der Waals surface area contributed by atoms with Gasteiger partial charge in [-0.05, 0) is 62.2 Å². The van der Waals surface area contributed by atoms with Gasteiger partial charge in [0, 0.05) is 18.8 Å². The number of carbonyl (C=O) groups is 1. The summed E-state index contributed by atoms with van der Waals surface area (Å²) >= 11 is 0. The molecule has 2 aromatic carbocycles. The van der Waals surface area contributed by atoms with E-state index >= 15 is 0 Å². The van der Waals surface area contributed by atoms with Gasteiger partial charge in [-0.3, -0.25) is 4.79 Å². The maximum absolute atomic E-state index is 12.8. The first-order valence-electron chi connectivity index (χ1n) is 9.48. The Bertz CT molecular complexity index is 1010. The summed E-state index contributed by atoms with van der Waals surface area (Å²) < 4.78 is 32.7. The number of nitrogens with one attached hydrogen (secondary N) is 1. The number of sulfonamides is 1. The summed E-state index contributed by atoms with van der Waals surface area (Å²) in [4.78, 5) is 12.6. The van der Waals surface area contributed by atoms with Crippen LogP contribution in [0.2, 0.25) is 0 Å². The molecule has 1 saturated heterocycles. The van der Waals surface area contributed by atoms with E-state index in [1.54, 1.807) is 43.3 Å². The fourth-order valence-electron chi connectivity index (χ4n) is 3.10. The van der Waals surface area contributed by atoms with Crippen molar-refractivity contribution in [2.24, 2.45) is 0 Å². The molecule has 2 aromatic rings. The minimum absolute atomic E-state index is 0.165. The smallest absolute Gasteiger partial charge is 0.265 e. The molecule has 0 spiro atoms. The molecule has 1 amide bonds. The predicted molar refractivity (Wildman–Crippen MR) is 109 cm³/mol. The lowest BCUT2D eigenvalue weighted by Gasteiger charge is -2.26. The summed E-state index contributed by atoms with van der Waals surface area (Å²) in [5, 5.41) is 11.5. The van der Waals surface area contributed by atoms with Crippen LogP contribution in [0, 0.1) is 11.3 Å². The number of anilines is 1. The van der Waals surface area contributed by atoms with Crippen LogP contribution < -0.4 is 10.1 Å². The Hall–Kier alpha value is -2.89. The Morgan fingerprint density at radius 1 is 1.14 bits per heavy atom. The van der Waals surface area contributed by atoms with Crippen molar-refractivity contribution in [3.05, 3.63) is 54.1 Å². The molecule has 8 heteroatoms. The summed E-state index contributed by atoms with van der Waals surface area (Å²) in [7, 11) is -3.57. The average molecular weight is 413 g/mol. The van der Waals surface area contributed by atoms with E-state index in [9.17, 15) is 13.2 Å². The summed E-state index contributed by atoms with van der Waals surface area (Å²) in [6.07, 6.45) is 1.96. The molecule has 0 saturated carbocycles. The number of benzene rings is 2. The minimum Gasteiger partial charge on any atom is -0.481 e. The molecule has 0 bridgehead atoms. The predicted octanol–water partition coefficient (Wildman–Crippen LogP) is 3.14. The third-order valence-electron chi connectivity index (χ3n) is 4.72. The van der Waals surface area contributed by atoms with Gasteiger partial charge < -0.3 is 10.1 Å². The normalized spacial score (nSPS) is 15.9. The van der Waals surface area contributed by atoms with Crippen molar-refractivity contribution in [3.63, 3.8) is 0 Å². The van der Waals surface area contributed by atoms with Crippen molar-refractivity contribution in [2.75, 3.05) is 18.4 Å². The number of rotatable bonds is 6. The lowest BCUT2D eigenvalue weighted by atomic mass is 10.2. The standard InChI is InChI=1S/C21H23N3O4S/c1-16(28-19-10-8-17(15-22)9-11-19)21(25)23-18-6-5-7-20(14-18)29(26,27)24-12-3-2-4-13-24/h5-11,14,16H,2-4,12-13H2,1H3,(H,23,25)/t16-/m0/s1. The van der Waals surface area contributed by atoms with Crippen molar-refractivity contribution >= 4 is 21.6 Å². The summed E-state index contributed by atoms with van der Waals surface area (Å²) in [6.45, 7) is 2.64. The summed E-state index contributed by atoms with van der Waals surface area (Å²) in [5.41, 5.74) is 0.893. The summed E-state index contributed by atoms with van der Waals surface area (Å²) in [6, 6.07) is 14.7. The van der Waals surface area contributed by atoms with Gasteiger partial charge in [0.25, 0.3) is 5.91 Å². The molecule has 152 valence electrons. The minimum atomic E-state index is -3.57. The van der Waals surface area contributed by atoms with Gasteiger partial charge >= 0.3 is 0 Å². The topological polar surface area (TPSA) is 99.5 Å². The molecule has 3 rings (SSSR count). The van der Waals surface area contributed by atoms with Crippen LogP contribution in [-0.2, 0) is 14.8 Å². The van der Waals surface area contributed by atoms with Crippen molar-refractivity contribution in [2.45, 2.75) is 37.2 Å². The molecule has 1 heterocycles. The quantitative estimate of drug-likeness (QED) is 0.784. The molecule has 29 heavy (non-hydrogen) atoms. The lowest BCUT2D eigenvalue weighted by molar-refractivity contribution is -0.122. The van der Waals surface area contributed by atoms with E-state index in [4.69, 9.17) is 10.00 Å². The van der Waals surface area contributed by atoms with Gasteiger partial charge in [0.05, 0.1) is 16.5 Å². The van der Waals surface area contributed by atoms with Crippen LogP contribution in [0.4, 0.5) is 5.69 Å². The van der Waals surface area contributed by atoms with Crippen LogP contribution in [0.3, 0.4) is 0 Å². The highest BCUT2D eigenvalue weighted by molar-refractivity contribution is 7.89. The van der Waals surface area contributed by atoms with Gasteiger partial charge in [-0.1, -0.05) is 12.5 Å². The van der Waals surface area contributed by atoms with Crippen LogP contribution in [0.15, 0.2) is 53.4 Å². The molecule has 0 aliphatic carbocycles. The number of carbonyl (C=O) groups excluding carboxylic acids is 1. The maximum Gasteiger partial charge on any atom is 0.265 e. The number of hydrogen-bond acceptors (Lipinski definition) is 5. The third-order valence-corrected chi connectivity index (χ3v) is 6.61. The molecule has 1 fully saturated rings.